The van der Waals surface area contributed by atoms with Crippen molar-refractivity contribution in [2.75, 3.05) is 5.43 Å². The highest BCUT2D eigenvalue weighted by Crippen LogP contribution is 2.14. The van der Waals surface area contributed by atoms with Gasteiger partial charge >= 0.3 is 0 Å². The normalized spacial score (nSPS) is 11.4. The molecule has 7 heteroatoms. The van der Waals surface area contributed by atoms with E-state index < -0.39 is 10.0 Å². The van der Waals surface area contributed by atoms with Crippen molar-refractivity contribution in [1.29, 1.82) is 0 Å². The Kier molecular flexibility index (Phi) is 4.24. The Morgan fingerprint density at radius 3 is 2.10 bits per heavy atom. The first kappa shape index (κ1) is 15.4. The number of hydrazine groups is 1. The summed E-state index contributed by atoms with van der Waals surface area (Å²) in [6.07, 6.45) is 0. The molecule has 6 nitrogen and oxygen atoms in total. The van der Waals surface area contributed by atoms with E-state index >= 15 is 0 Å². The number of sulfonamides is 1. The Balaban J connectivity index is 2.19. The molecule has 0 saturated heterocycles. The average molecular weight is 306 g/mol. The molecule has 0 unspecified atom stereocenters. The summed E-state index contributed by atoms with van der Waals surface area (Å²) >= 11 is 0. The molecule has 1 heterocycles. The van der Waals surface area contributed by atoms with E-state index in [2.05, 4.69) is 20.2 Å². The molecule has 0 spiro atoms. The van der Waals surface area contributed by atoms with Gasteiger partial charge in [-0.15, -0.1) is 4.83 Å². The fourth-order valence-electron chi connectivity index (χ4n) is 1.83. The van der Waals surface area contributed by atoms with Crippen LogP contribution in [0.4, 0.5) is 5.95 Å². The second kappa shape index (κ2) is 5.79. The van der Waals surface area contributed by atoms with Crippen LogP contribution in [0.2, 0.25) is 0 Å². The number of aryl methyl sites for hydroxylation is 4. The summed E-state index contributed by atoms with van der Waals surface area (Å²) in [7, 11) is -3.66. The number of rotatable bonds is 4. The van der Waals surface area contributed by atoms with Crippen LogP contribution in [0.15, 0.2) is 29.2 Å². The van der Waals surface area contributed by atoms with Gasteiger partial charge < -0.3 is 0 Å². The van der Waals surface area contributed by atoms with E-state index in [1.807, 2.05) is 33.8 Å². The van der Waals surface area contributed by atoms with Gasteiger partial charge in [-0.05, 0) is 57.0 Å². The number of nitrogens with zero attached hydrogens (tertiary/aromatic N) is 2. The van der Waals surface area contributed by atoms with Gasteiger partial charge in [0.2, 0.25) is 5.95 Å². The Bertz CT molecular complexity index is 752. The van der Waals surface area contributed by atoms with Crippen molar-refractivity contribution in [2.45, 2.75) is 32.6 Å². The molecule has 0 bridgehead atoms. The highest BCUT2D eigenvalue weighted by Gasteiger charge is 2.15. The minimum Gasteiger partial charge on any atom is -0.276 e. The lowest BCUT2D eigenvalue weighted by Crippen LogP contribution is -2.30. The Morgan fingerprint density at radius 1 is 0.905 bits per heavy atom. The smallest absolute Gasteiger partial charge is 0.257 e. The van der Waals surface area contributed by atoms with E-state index in [9.17, 15) is 8.42 Å². The van der Waals surface area contributed by atoms with E-state index in [0.29, 0.717) is 0 Å². The third kappa shape index (κ3) is 3.77. The summed E-state index contributed by atoms with van der Waals surface area (Å²) in [5.74, 6) is 0.222. The fourth-order valence-corrected chi connectivity index (χ4v) is 2.76. The molecule has 21 heavy (non-hydrogen) atoms. The van der Waals surface area contributed by atoms with Gasteiger partial charge in [0.25, 0.3) is 10.0 Å². The molecule has 0 radical (unpaired) electrons. The highest BCUT2D eigenvalue weighted by molar-refractivity contribution is 7.89. The predicted molar refractivity (Wildman–Crippen MR) is 81.4 cm³/mol. The summed E-state index contributed by atoms with van der Waals surface area (Å²) in [5.41, 5.74) is 6.02. The minimum atomic E-state index is -3.66. The van der Waals surface area contributed by atoms with Crippen LogP contribution < -0.4 is 10.3 Å². The molecule has 2 rings (SSSR count). The number of hydrogen-bond acceptors (Lipinski definition) is 5. The summed E-state index contributed by atoms with van der Waals surface area (Å²) in [5, 5.41) is 0. The molecule has 1 aromatic heterocycles. The lowest BCUT2D eigenvalue weighted by Gasteiger charge is -2.10. The molecule has 2 aromatic rings. The van der Waals surface area contributed by atoms with Gasteiger partial charge in [0.1, 0.15) is 0 Å². The Hall–Kier alpha value is -1.99. The number of aromatic nitrogens is 2. The van der Waals surface area contributed by atoms with Crippen LogP contribution in [0.25, 0.3) is 0 Å². The number of benzene rings is 1. The van der Waals surface area contributed by atoms with Crippen LogP contribution in [-0.4, -0.2) is 18.4 Å². The van der Waals surface area contributed by atoms with Gasteiger partial charge in [0.15, 0.2) is 0 Å². The Morgan fingerprint density at radius 2 is 1.52 bits per heavy atom. The Labute approximate surface area is 124 Å². The highest BCUT2D eigenvalue weighted by atomic mass is 32.2. The van der Waals surface area contributed by atoms with Crippen LogP contribution in [-0.2, 0) is 10.0 Å². The summed E-state index contributed by atoms with van der Waals surface area (Å²) in [6, 6.07) is 6.77. The van der Waals surface area contributed by atoms with E-state index in [0.717, 1.165) is 22.5 Å². The molecule has 1 aromatic carbocycles. The third-order valence-corrected chi connectivity index (χ3v) is 4.31. The molecule has 0 aliphatic heterocycles. The number of anilines is 1. The molecule has 0 fully saturated rings. The zero-order valence-electron chi connectivity index (χ0n) is 12.4. The maximum absolute atomic E-state index is 12.2. The monoisotopic (exact) mass is 306 g/mol. The van der Waals surface area contributed by atoms with Gasteiger partial charge in [-0.2, -0.15) is 0 Å². The fraction of sp³-hybridized carbons (Fsp3) is 0.286. The maximum atomic E-state index is 12.2. The van der Waals surface area contributed by atoms with Crippen molar-refractivity contribution >= 4 is 16.0 Å². The average Bonchev–Trinajstić information content (AvgIpc) is 2.38. The van der Waals surface area contributed by atoms with E-state index in [1.54, 1.807) is 18.2 Å². The number of hydrogen-bond donors (Lipinski definition) is 2. The van der Waals surface area contributed by atoms with Crippen molar-refractivity contribution in [3.8, 4) is 0 Å². The lowest BCUT2D eigenvalue weighted by atomic mass is 10.1. The lowest BCUT2D eigenvalue weighted by molar-refractivity contribution is 0.587. The molecule has 0 aliphatic rings. The van der Waals surface area contributed by atoms with Crippen molar-refractivity contribution in [2.24, 2.45) is 0 Å². The first-order valence-corrected chi connectivity index (χ1v) is 7.93. The van der Waals surface area contributed by atoms with E-state index in [-0.39, 0.29) is 10.8 Å². The second-order valence-corrected chi connectivity index (χ2v) is 6.63. The van der Waals surface area contributed by atoms with Gasteiger partial charge in [-0.25, -0.2) is 18.4 Å². The standard InChI is InChI=1S/C14H18N4O2S/c1-9-5-6-13(7-10(9)2)21(19,20)18-17-14-15-11(3)8-12(4)16-14/h5-8,18H,1-4H3,(H,15,16,17). The minimum absolute atomic E-state index is 0.197. The van der Waals surface area contributed by atoms with Crippen LogP contribution in [0.3, 0.4) is 0 Å². The van der Waals surface area contributed by atoms with Crippen LogP contribution in [0, 0.1) is 27.7 Å². The van der Waals surface area contributed by atoms with Gasteiger partial charge in [0, 0.05) is 11.4 Å². The van der Waals surface area contributed by atoms with Crippen molar-refractivity contribution in [3.05, 3.63) is 46.8 Å². The zero-order valence-corrected chi connectivity index (χ0v) is 13.2. The molecular formula is C14H18N4O2S. The van der Waals surface area contributed by atoms with Crippen LogP contribution in [0.1, 0.15) is 22.5 Å². The van der Waals surface area contributed by atoms with Crippen molar-refractivity contribution < 1.29 is 8.42 Å². The topological polar surface area (TPSA) is 84.0 Å². The summed E-state index contributed by atoms with van der Waals surface area (Å²) in [4.78, 5) is 10.7. The van der Waals surface area contributed by atoms with Crippen LogP contribution >= 0.6 is 0 Å². The molecule has 2 N–H and O–H groups in total. The number of nitrogens with one attached hydrogen (secondary N) is 2. The molecule has 112 valence electrons. The predicted octanol–water partition coefficient (Wildman–Crippen LogP) is 2.02. The van der Waals surface area contributed by atoms with Crippen molar-refractivity contribution in [1.82, 2.24) is 14.8 Å². The largest absolute Gasteiger partial charge is 0.276 e. The molecule has 0 amide bonds. The molecule has 0 atom stereocenters. The molecular weight excluding hydrogens is 288 g/mol. The van der Waals surface area contributed by atoms with E-state index in [1.165, 1.54) is 0 Å². The van der Waals surface area contributed by atoms with Crippen molar-refractivity contribution in [3.63, 3.8) is 0 Å². The quantitative estimate of drug-likeness (QED) is 0.844. The van der Waals surface area contributed by atoms with Gasteiger partial charge in [-0.3, -0.25) is 5.43 Å². The second-order valence-electron chi connectivity index (χ2n) is 4.95. The van der Waals surface area contributed by atoms with Gasteiger partial charge in [0.05, 0.1) is 4.90 Å². The summed E-state index contributed by atoms with van der Waals surface area (Å²) in [6.45, 7) is 7.44. The van der Waals surface area contributed by atoms with Gasteiger partial charge in [-0.1, -0.05) is 6.07 Å². The zero-order chi connectivity index (χ0) is 15.6. The molecule has 0 aliphatic carbocycles. The first-order valence-electron chi connectivity index (χ1n) is 6.45. The van der Waals surface area contributed by atoms with E-state index in [4.69, 9.17) is 0 Å². The SMILES string of the molecule is Cc1cc(C)nc(NNS(=O)(=O)c2ccc(C)c(C)c2)n1. The third-order valence-electron chi connectivity index (χ3n) is 3.07. The first-order chi connectivity index (χ1) is 9.78. The molecule has 0 saturated carbocycles. The maximum Gasteiger partial charge on any atom is 0.257 e. The van der Waals surface area contributed by atoms with Crippen LogP contribution in [0.5, 0.6) is 0 Å². The summed E-state index contributed by atoms with van der Waals surface area (Å²) < 4.78 is 24.4.